The number of benzene rings is 1. The maximum atomic E-state index is 12.1. The van der Waals surface area contributed by atoms with E-state index in [-0.39, 0.29) is 5.75 Å². The van der Waals surface area contributed by atoms with Gasteiger partial charge in [0.05, 0.1) is 28.8 Å². The van der Waals surface area contributed by atoms with Gasteiger partial charge in [0.2, 0.25) is 10.0 Å². The van der Waals surface area contributed by atoms with E-state index in [1.807, 2.05) is 6.07 Å². The van der Waals surface area contributed by atoms with Crippen LogP contribution in [0.4, 0.5) is 5.69 Å². The zero-order valence-electron chi connectivity index (χ0n) is 11.2. The summed E-state index contributed by atoms with van der Waals surface area (Å²) in [5.41, 5.74) is 2.15. The molecule has 2 aromatic rings. The topological polar surface area (TPSA) is 82.8 Å². The Hall–Kier alpha value is -1.91. The molecule has 1 aromatic carbocycles. The number of sulfonamides is 1. The lowest BCUT2D eigenvalue weighted by atomic mass is 10.2. The molecule has 0 saturated heterocycles. The van der Waals surface area contributed by atoms with Gasteiger partial charge in [-0.25, -0.2) is 13.4 Å². The van der Waals surface area contributed by atoms with Crippen molar-refractivity contribution >= 4 is 31.6 Å². The van der Waals surface area contributed by atoms with Crippen molar-refractivity contribution in [3.8, 4) is 6.07 Å². The summed E-state index contributed by atoms with van der Waals surface area (Å²) in [5, 5.41) is 8.72. The van der Waals surface area contributed by atoms with Crippen LogP contribution < -0.4 is 4.72 Å². The smallest absolute Gasteiger partial charge is 0.236 e. The predicted octanol–water partition coefficient (Wildman–Crippen LogP) is 2.97. The number of pyridine rings is 1. The Balaban J connectivity index is 2.16. The molecule has 0 spiro atoms. The van der Waals surface area contributed by atoms with Gasteiger partial charge in [-0.1, -0.05) is 12.1 Å². The second kappa shape index (κ2) is 6.24. The average molecular weight is 366 g/mol. The van der Waals surface area contributed by atoms with Gasteiger partial charge in [0.1, 0.15) is 4.60 Å². The number of rotatable bonds is 4. The maximum absolute atomic E-state index is 12.1. The van der Waals surface area contributed by atoms with Crippen LogP contribution >= 0.6 is 15.9 Å². The molecule has 0 radical (unpaired) electrons. The lowest BCUT2D eigenvalue weighted by molar-refractivity contribution is 0.600. The number of nitrogens with zero attached hydrogens (tertiary/aromatic N) is 2. The molecule has 1 heterocycles. The van der Waals surface area contributed by atoms with Crippen LogP contribution in [0.5, 0.6) is 0 Å². The number of nitriles is 1. The van der Waals surface area contributed by atoms with Crippen LogP contribution in [0.3, 0.4) is 0 Å². The third-order valence-corrected chi connectivity index (χ3v) is 4.44. The van der Waals surface area contributed by atoms with Gasteiger partial charge < -0.3 is 0 Å². The van der Waals surface area contributed by atoms with Crippen LogP contribution in [-0.2, 0) is 15.8 Å². The highest BCUT2D eigenvalue weighted by Crippen LogP contribution is 2.19. The first-order chi connectivity index (χ1) is 9.89. The molecule has 0 bridgehead atoms. The fourth-order valence-corrected chi connectivity index (χ4v) is 3.39. The van der Waals surface area contributed by atoms with Crippen LogP contribution in [0.15, 0.2) is 41.0 Å². The number of hydrogen-bond donors (Lipinski definition) is 1. The van der Waals surface area contributed by atoms with Gasteiger partial charge in [-0.3, -0.25) is 4.72 Å². The molecule has 0 aliphatic carbocycles. The SMILES string of the molecule is Cc1nc(Br)ccc1NS(=O)(=O)Cc1ccc(C#N)cc1. The normalized spacial score (nSPS) is 10.9. The van der Waals surface area contributed by atoms with Gasteiger partial charge in [0, 0.05) is 0 Å². The van der Waals surface area contributed by atoms with E-state index in [1.165, 1.54) is 0 Å². The van der Waals surface area contributed by atoms with Crippen molar-refractivity contribution in [3.63, 3.8) is 0 Å². The minimum atomic E-state index is -3.53. The van der Waals surface area contributed by atoms with Gasteiger partial charge in [-0.2, -0.15) is 5.26 Å². The number of anilines is 1. The minimum Gasteiger partial charge on any atom is -0.281 e. The molecule has 0 fully saturated rings. The second-order valence-corrected chi connectivity index (χ2v) is 6.97. The Labute approximate surface area is 131 Å². The molecule has 5 nitrogen and oxygen atoms in total. The molecule has 0 amide bonds. The summed E-state index contributed by atoms with van der Waals surface area (Å²) < 4.78 is 27.5. The Kier molecular flexibility index (Phi) is 4.60. The first kappa shape index (κ1) is 15.5. The Bertz CT molecular complexity index is 796. The van der Waals surface area contributed by atoms with E-state index in [0.29, 0.717) is 27.1 Å². The van der Waals surface area contributed by atoms with Crippen molar-refractivity contribution in [1.82, 2.24) is 4.98 Å². The van der Waals surface area contributed by atoms with E-state index in [2.05, 4.69) is 25.6 Å². The van der Waals surface area contributed by atoms with Gasteiger partial charge in [0.15, 0.2) is 0 Å². The molecule has 0 aliphatic rings. The zero-order chi connectivity index (χ0) is 15.5. The molecule has 1 aromatic heterocycles. The molecule has 0 unspecified atom stereocenters. The number of aryl methyl sites for hydroxylation is 1. The summed E-state index contributed by atoms with van der Waals surface area (Å²) in [7, 11) is -3.53. The molecule has 0 atom stereocenters. The van der Waals surface area contributed by atoms with E-state index in [1.54, 1.807) is 43.3 Å². The van der Waals surface area contributed by atoms with Crippen molar-refractivity contribution in [2.45, 2.75) is 12.7 Å². The van der Waals surface area contributed by atoms with E-state index in [4.69, 9.17) is 5.26 Å². The van der Waals surface area contributed by atoms with Crippen molar-refractivity contribution in [1.29, 1.82) is 5.26 Å². The summed E-state index contributed by atoms with van der Waals surface area (Å²) in [6, 6.07) is 11.8. The highest BCUT2D eigenvalue weighted by atomic mass is 79.9. The molecule has 108 valence electrons. The van der Waals surface area contributed by atoms with Gasteiger partial charge >= 0.3 is 0 Å². The first-order valence-electron chi connectivity index (χ1n) is 6.02. The van der Waals surface area contributed by atoms with Crippen molar-refractivity contribution < 1.29 is 8.42 Å². The zero-order valence-corrected chi connectivity index (χ0v) is 13.6. The molecular weight excluding hydrogens is 354 g/mol. The fraction of sp³-hybridized carbons (Fsp3) is 0.143. The summed E-state index contributed by atoms with van der Waals surface area (Å²) in [6.07, 6.45) is 0. The standard InChI is InChI=1S/C14H12BrN3O2S/c1-10-13(6-7-14(15)17-10)18-21(19,20)9-12-4-2-11(8-16)3-5-12/h2-7,18H,9H2,1H3. The lowest BCUT2D eigenvalue weighted by Crippen LogP contribution is -2.16. The molecular formula is C14H12BrN3O2S. The van der Waals surface area contributed by atoms with E-state index >= 15 is 0 Å². The monoisotopic (exact) mass is 365 g/mol. The minimum absolute atomic E-state index is 0.159. The van der Waals surface area contributed by atoms with Gasteiger partial charge in [-0.15, -0.1) is 0 Å². The highest BCUT2D eigenvalue weighted by molar-refractivity contribution is 9.10. The number of aromatic nitrogens is 1. The van der Waals surface area contributed by atoms with Crippen LogP contribution in [0.25, 0.3) is 0 Å². The summed E-state index contributed by atoms with van der Waals surface area (Å²) in [4.78, 5) is 4.14. The molecule has 1 N–H and O–H groups in total. The number of nitrogens with one attached hydrogen (secondary N) is 1. The van der Waals surface area contributed by atoms with Crippen molar-refractivity contribution in [2.75, 3.05) is 4.72 Å². The molecule has 2 rings (SSSR count). The van der Waals surface area contributed by atoms with Crippen molar-refractivity contribution in [2.24, 2.45) is 0 Å². The third kappa shape index (κ3) is 4.28. The first-order valence-corrected chi connectivity index (χ1v) is 8.47. The fourth-order valence-electron chi connectivity index (χ4n) is 1.74. The molecule has 0 aliphatic heterocycles. The Morgan fingerprint density at radius 3 is 2.48 bits per heavy atom. The number of hydrogen-bond acceptors (Lipinski definition) is 4. The third-order valence-electron chi connectivity index (χ3n) is 2.76. The maximum Gasteiger partial charge on any atom is 0.236 e. The Morgan fingerprint density at radius 1 is 1.24 bits per heavy atom. The lowest BCUT2D eigenvalue weighted by Gasteiger charge is -2.10. The summed E-state index contributed by atoms with van der Waals surface area (Å²) in [5.74, 6) is -0.159. The quantitative estimate of drug-likeness (QED) is 0.844. The molecule has 0 saturated carbocycles. The van der Waals surface area contributed by atoms with Crippen LogP contribution in [0.1, 0.15) is 16.8 Å². The van der Waals surface area contributed by atoms with Crippen LogP contribution in [0, 0.1) is 18.3 Å². The van der Waals surface area contributed by atoms with E-state index in [9.17, 15) is 8.42 Å². The molecule has 21 heavy (non-hydrogen) atoms. The predicted molar refractivity (Wildman–Crippen MR) is 84.1 cm³/mol. The number of halogens is 1. The van der Waals surface area contributed by atoms with Gasteiger partial charge in [0.25, 0.3) is 0 Å². The van der Waals surface area contributed by atoms with Crippen LogP contribution in [0.2, 0.25) is 0 Å². The largest absolute Gasteiger partial charge is 0.281 e. The summed E-state index contributed by atoms with van der Waals surface area (Å²) >= 11 is 3.23. The van der Waals surface area contributed by atoms with E-state index in [0.717, 1.165) is 0 Å². The Morgan fingerprint density at radius 2 is 1.90 bits per heavy atom. The molecule has 7 heteroatoms. The highest BCUT2D eigenvalue weighted by Gasteiger charge is 2.13. The second-order valence-electron chi connectivity index (χ2n) is 4.44. The van der Waals surface area contributed by atoms with E-state index < -0.39 is 10.0 Å². The average Bonchev–Trinajstić information content (AvgIpc) is 2.42. The summed E-state index contributed by atoms with van der Waals surface area (Å²) in [6.45, 7) is 1.73. The van der Waals surface area contributed by atoms with Crippen LogP contribution in [-0.4, -0.2) is 13.4 Å². The van der Waals surface area contributed by atoms with Crippen molar-refractivity contribution in [3.05, 3.63) is 57.8 Å². The van der Waals surface area contributed by atoms with Gasteiger partial charge in [-0.05, 0) is 52.7 Å².